The fourth-order valence-electron chi connectivity index (χ4n) is 2.03. The average Bonchev–Trinajstić information content (AvgIpc) is 2.51. The molecule has 0 spiro atoms. The van der Waals surface area contributed by atoms with E-state index in [0.717, 1.165) is 11.5 Å². The second kappa shape index (κ2) is 7.58. The third-order valence-corrected chi connectivity index (χ3v) is 3.04. The van der Waals surface area contributed by atoms with Gasteiger partial charge in [-0.25, -0.2) is 14.4 Å². The number of aromatic nitrogens is 1. The van der Waals surface area contributed by atoms with Gasteiger partial charge in [0.1, 0.15) is 11.6 Å². The van der Waals surface area contributed by atoms with Crippen LogP contribution in [0.2, 0.25) is 0 Å². The van der Waals surface area contributed by atoms with Crippen LogP contribution in [0.5, 0.6) is 11.6 Å². The number of benzene rings is 1. The number of halogens is 1. The summed E-state index contributed by atoms with van der Waals surface area (Å²) in [6.07, 6.45) is 1.73. The summed E-state index contributed by atoms with van der Waals surface area (Å²) < 4.78 is 18.4. The number of hydrogen-bond donors (Lipinski definition) is 0. The van der Waals surface area contributed by atoms with Gasteiger partial charge in [0.05, 0.1) is 6.54 Å². The number of guanidine groups is 1. The van der Waals surface area contributed by atoms with Crippen LogP contribution >= 0.6 is 0 Å². The molecule has 5 nitrogen and oxygen atoms in total. The van der Waals surface area contributed by atoms with Crippen molar-refractivity contribution in [1.29, 1.82) is 0 Å². The van der Waals surface area contributed by atoms with Gasteiger partial charge in [-0.3, -0.25) is 0 Å². The fraction of sp³-hybridized carbons (Fsp3) is 0.294. The molecule has 0 fully saturated rings. The summed E-state index contributed by atoms with van der Waals surface area (Å²) in [5.74, 6) is 1.60. The highest BCUT2D eigenvalue weighted by molar-refractivity contribution is 5.79. The molecule has 122 valence electrons. The van der Waals surface area contributed by atoms with Crippen molar-refractivity contribution in [3.8, 4) is 11.6 Å². The predicted octanol–water partition coefficient (Wildman–Crippen LogP) is 2.99. The van der Waals surface area contributed by atoms with Gasteiger partial charge in [-0.15, -0.1) is 0 Å². The molecule has 1 aromatic carbocycles. The van der Waals surface area contributed by atoms with E-state index in [1.807, 2.05) is 44.1 Å². The maximum Gasteiger partial charge on any atom is 0.219 e. The minimum atomic E-state index is -0.295. The van der Waals surface area contributed by atoms with E-state index in [1.54, 1.807) is 24.4 Å². The topological polar surface area (TPSA) is 41.0 Å². The number of hydrogen-bond acceptors (Lipinski definition) is 3. The Kier molecular flexibility index (Phi) is 5.51. The van der Waals surface area contributed by atoms with E-state index in [9.17, 15) is 4.39 Å². The maximum absolute atomic E-state index is 12.9. The lowest BCUT2D eigenvalue weighted by molar-refractivity contribution is 0.460. The molecule has 1 aromatic heterocycles. The zero-order chi connectivity index (χ0) is 16.8. The lowest BCUT2D eigenvalue weighted by atomic mass is 10.3. The number of pyridine rings is 1. The van der Waals surface area contributed by atoms with Crippen molar-refractivity contribution in [3.05, 3.63) is 54.0 Å². The molecule has 0 saturated carbocycles. The van der Waals surface area contributed by atoms with E-state index in [1.165, 1.54) is 12.1 Å². The van der Waals surface area contributed by atoms with E-state index in [4.69, 9.17) is 4.74 Å². The molecule has 1 heterocycles. The van der Waals surface area contributed by atoms with E-state index in [0.29, 0.717) is 18.2 Å². The molecule has 0 saturated heterocycles. The van der Waals surface area contributed by atoms with E-state index >= 15 is 0 Å². The standard InChI is InChI=1S/C17H21FN4O/c1-21(2)17(22(3)4)20-12-13-5-10-16(19-11-13)23-15-8-6-14(18)7-9-15/h5-11H,12H2,1-4H3. The van der Waals surface area contributed by atoms with Crippen LogP contribution < -0.4 is 4.74 Å². The maximum atomic E-state index is 12.9. The summed E-state index contributed by atoms with van der Waals surface area (Å²) >= 11 is 0. The van der Waals surface area contributed by atoms with Crippen molar-refractivity contribution in [2.75, 3.05) is 28.2 Å². The molecule has 2 rings (SSSR count). The van der Waals surface area contributed by atoms with Crippen LogP contribution in [0.3, 0.4) is 0 Å². The van der Waals surface area contributed by atoms with Crippen LogP contribution in [0.1, 0.15) is 5.56 Å². The Labute approximate surface area is 136 Å². The first-order valence-electron chi connectivity index (χ1n) is 7.23. The summed E-state index contributed by atoms with van der Waals surface area (Å²) in [6.45, 7) is 0.537. The highest BCUT2D eigenvalue weighted by Crippen LogP contribution is 2.19. The van der Waals surface area contributed by atoms with Gasteiger partial charge in [0.15, 0.2) is 5.96 Å². The highest BCUT2D eigenvalue weighted by Gasteiger charge is 2.04. The van der Waals surface area contributed by atoms with Crippen LogP contribution in [0.4, 0.5) is 4.39 Å². The largest absolute Gasteiger partial charge is 0.439 e. The molecule has 6 heteroatoms. The van der Waals surface area contributed by atoms with Gasteiger partial charge in [0.2, 0.25) is 5.88 Å². The van der Waals surface area contributed by atoms with Crippen LogP contribution in [0.15, 0.2) is 47.6 Å². The molecular weight excluding hydrogens is 295 g/mol. The van der Waals surface area contributed by atoms with Crippen molar-refractivity contribution in [2.45, 2.75) is 6.54 Å². The van der Waals surface area contributed by atoms with Crippen molar-refractivity contribution < 1.29 is 9.13 Å². The quantitative estimate of drug-likeness (QED) is 0.642. The van der Waals surface area contributed by atoms with Gasteiger partial charge >= 0.3 is 0 Å². The fourth-order valence-corrected chi connectivity index (χ4v) is 2.03. The Balaban J connectivity index is 2.02. The van der Waals surface area contributed by atoms with Gasteiger partial charge < -0.3 is 14.5 Å². The first kappa shape index (κ1) is 16.7. The van der Waals surface area contributed by atoms with E-state index in [-0.39, 0.29) is 5.82 Å². The highest BCUT2D eigenvalue weighted by atomic mass is 19.1. The Bertz CT molecular complexity index is 641. The Hall–Kier alpha value is -2.63. The van der Waals surface area contributed by atoms with Crippen LogP contribution in [0.25, 0.3) is 0 Å². The molecule has 0 N–H and O–H groups in total. The molecule has 0 aliphatic rings. The first-order valence-corrected chi connectivity index (χ1v) is 7.23. The summed E-state index contributed by atoms with van der Waals surface area (Å²) in [6, 6.07) is 9.52. The number of rotatable bonds is 4. The molecule has 0 aliphatic carbocycles. The first-order chi connectivity index (χ1) is 11.0. The van der Waals surface area contributed by atoms with Crippen LogP contribution in [-0.2, 0) is 6.54 Å². The van der Waals surface area contributed by atoms with Crippen molar-refractivity contribution in [2.24, 2.45) is 4.99 Å². The predicted molar refractivity (Wildman–Crippen MR) is 89.2 cm³/mol. The molecule has 0 radical (unpaired) electrons. The molecular formula is C17H21FN4O. The number of ether oxygens (including phenoxy) is 1. The van der Waals surface area contributed by atoms with Crippen LogP contribution in [0, 0.1) is 5.82 Å². The Morgan fingerprint density at radius 3 is 2.22 bits per heavy atom. The number of nitrogens with zero attached hydrogens (tertiary/aromatic N) is 4. The molecule has 0 atom stereocenters. The van der Waals surface area contributed by atoms with Gasteiger partial charge in [-0.05, 0) is 29.8 Å². The molecule has 0 bridgehead atoms. The molecule has 0 amide bonds. The molecule has 2 aromatic rings. The summed E-state index contributed by atoms with van der Waals surface area (Å²) in [5, 5.41) is 0. The van der Waals surface area contributed by atoms with Crippen molar-refractivity contribution in [3.63, 3.8) is 0 Å². The average molecular weight is 316 g/mol. The lowest BCUT2D eigenvalue weighted by Crippen LogP contribution is -2.35. The Morgan fingerprint density at radius 2 is 1.70 bits per heavy atom. The SMILES string of the molecule is CN(C)C(=NCc1ccc(Oc2ccc(F)cc2)nc1)N(C)C. The summed E-state index contributed by atoms with van der Waals surface area (Å²) in [4.78, 5) is 12.7. The minimum absolute atomic E-state index is 0.295. The monoisotopic (exact) mass is 316 g/mol. The molecule has 23 heavy (non-hydrogen) atoms. The normalized spacial score (nSPS) is 10.1. The summed E-state index contributed by atoms with van der Waals surface area (Å²) in [5.41, 5.74) is 0.984. The van der Waals surface area contributed by atoms with Gasteiger partial charge in [-0.2, -0.15) is 0 Å². The summed E-state index contributed by atoms with van der Waals surface area (Å²) in [7, 11) is 7.82. The Morgan fingerprint density at radius 1 is 1.04 bits per heavy atom. The lowest BCUT2D eigenvalue weighted by Gasteiger charge is -2.22. The van der Waals surface area contributed by atoms with E-state index < -0.39 is 0 Å². The molecule has 0 unspecified atom stereocenters. The smallest absolute Gasteiger partial charge is 0.219 e. The third kappa shape index (κ3) is 4.95. The zero-order valence-electron chi connectivity index (χ0n) is 13.8. The second-order valence-electron chi connectivity index (χ2n) is 5.47. The number of aliphatic imine (C=N–C) groups is 1. The van der Waals surface area contributed by atoms with Gasteiger partial charge in [0, 0.05) is 40.5 Å². The van der Waals surface area contributed by atoms with Crippen molar-refractivity contribution >= 4 is 5.96 Å². The second-order valence-corrected chi connectivity index (χ2v) is 5.47. The van der Waals surface area contributed by atoms with Gasteiger partial charge in [-0.1, -0.05) is 6.07 Å². The van der Waals surface area contributed by atoms with E-state index in [2.05, 4.69) is 9.98 Å². The third-order valence-electron chi connectivity index (χ3n) is 3.04. The van der Waals surface area contributed by atoms with Crippen molar-refractivity contribution in [1.82, 2.24) is 14.8 Å². The molecule has 0 aliphatic heterocycles. The van der Waals surface area contributed by atoms with Crippen LogP contribution in [-0.4, -0.2) is 48.9 Å². The zero-order valence-corrected chi connectivity index (χ0v) is 13.8. The van der Waals surface area contributed by atoms with Gasteiger partial charge in [0.25, 0.3) is 0 Å². The minimum Gasteiger partial charge on any atom is -0.439 e.